The highest BCUT2D eigenvalue weighted by Crippen LogP contribution is 2.16. The maximum absolute atomic E-state index is 11.7. The average molecular weight is 337 g/mol. The first-order chi connectivity index (χ1) is 9.47. The lowest BCUT2D eigenvalue weighted by Crippen LogP contribution is -2.25. The number of nitrogens with zero attached hydrogens (tertiary/aromatic N) is 2. The van der Waals surface area contributed by atoms with Crippen LogP contribution in [0.5, 0.6) is 0 Å². The summed E-state index contributed by atoms with van der Waals surface area (Å²) in [6.45, 7) is 2.34. The number of carboxylic acid groups (broad SMARTS) is 1. The Morgan fingerprint density at radius 3 is 2.80 bits per heavy atom. The lowest BCUT2D eigenvalue weighted by Gasteiger charge is -2.08. The Hall–Kier alpha value is -1.95. The van der Waals surface area contributed by atoms with Crippen LogP contribution in [-0.2, 0) is 13.0 Å². The third-order valence-electron chi connectivity index (χ3n) is 2.99. The number of hydrogen-bond donors (Lipinski definition) is 1. The van der Waals surface area contributed by atoms with E-state index in [-0.39, 0.29) is 11.3 Å². The second-order valence-corrected chi connectivity index (χ2v) is 5.32. The minimum absolute atomic E-state index is 0.129. The molecule has 0 aliphatic rings. The molecular formula is C14H13BrN2O3. The van der Waals surface area contributed by atoms with E-state index >= 15 is 0 Å². The first-order valence-corrected chi connectivity index (χ1v) is 6.83. The maximum atomic E-state index is 11.7. The average Bonchev–Trinajstić information content (AvgIpc) is 2.41. The molecular weight excluding hydrogens is 324 g/mol. The molecule has 0 radical (unpaired) electrons. The van der Waals surface area contributed by atoms with Crippen LogP contribution in [0, 0.1) is 6.92 Å². The normalized spacial score (nSPS) is 10.5. The minimum Gasteiger partial charge on any atom is -0.476 e. The third-order valence-corrected chi connectivity index (χ3v) is 3.48. The number of aryl methyl sites for hydroxylation is 3. The Morgan fingerprint density at radius 1 is 1.35 bits per heavy atom. The van der Waals surface area contributed by atoms with Gasteiger partial charge in [0, 0.05) is 17.1 Å². The molecule has 1 N–H and O–H groups in total. The molecule has 0 bridgehead atoms. The highest BCUT2D eigenvalue weighted by molar-refractivity contribution is 9.10. The van der Waals surface area contributed by atoms with Crippen LogP contribution in [0.15, 0.2) is 39.6 Å². The second-order valence-electron chi connectivity index (χ2n) is 4.41. The number of carboxylic acids is 1. The topological polar surface area (TPSA) is 72.2 Å². The monoisotopic (exact) mass is 336 g/mol. The fraction of sp³-hybridized carbons (Fsp3) is 0.214. The van der Waals surface area contributed by atoms with E-state index in [9.17, 15) is 9.59 Å². The van der Waals surface area contributed by atoms with Crippen molar-refractivity contribution in [2.24, 2.45) is 0 Å². The number of aromatic carboxylic acids is 1. The zero-order chi connectivity index (χ0) is 14.7. The van der Waals surface area contributed by atoms with Gasteiger partial charge in [-0.05, 0) is 42.7 Å². The fourth-order valence-electron chi connectivity index (χ4n) is 1.86. The van der Waals surface area contributed by atoms with Crippen molar-refractivity contribution in [2.75, 3.05) is 0 Å². The number of aromatic nitrogens is 2. The van der Waals surface area contributed by atoms with E-state index in [0.29, 0.717) is 13.0 Å². The largest absolute Gasteiger partial charge is 0.476 e. The highest BCUT2D eigenvalue weighted by Gasteiger charge is 2.08. The highest BCUT2D eigenvalue weighted by atomic mass is 79.9. The number of rotatable bonds is 4. The van der Waals surface area contributed by atoms with Crippen LogP contribution in [0.1, 0.15) is 21.6 Å². The Balaban J connectivity index is 2.22. The predicted octanol–water partition coefficient (Wildman–Crippen LogP) is 2.26. The van der Waals surface area contributed by atoms with Crippen molar-refractivity contribution < 1.29 is 9.90 Å². The van der Waals surface area contributed by atoms with Crippen molar-refractivity contribution in [3.05, 3.63) is 62.0 Å². The first kappa shape index (κ1) is 14.5. The lowest BCUT2D eigenvalue weighted by molar-refractivity contribution is 0.0687. The molecule has 0 amide bonds. The molecule has 20 heavy (non-hydrogen) atoms. The molecule has 0 saturated heterocycles. The Bertz CT molecular complexity index is 710. The molecule has 0 unspecified atom stereocenters. The van der Waals surface area contributed by atoms with Gasteiger partial charge in [0.25, 0.3) is 5.56 Å². The summed E-state index contributed by atoms with van der Waals surface area (Å²) < 4.78 is 2.15. The maximum Gasteiger partial charge on any atom is 0.356 e. The molecule has 1 aromatic heterocycles. The van der Waals surface area contributed by atoms with E-state index in [1.807, 2.05) is 25.1 Å². The van der Waals surface area contributed by atoms with Gasteiger partial charge < -0.3 is 5.11 Å². The van der Waals surface area contributed by atoms with E-state index in [1.165, 1.54) is 16.8 Å². The van der Waals surface area contributed by atoms with Crippen molar-refractivity contribution in [1.29, 1.82) is 0 Å². The molecule has 6 heteroatoms. The van der Waals surface area contributed by atoms with Gasteiger partial charge in [0.2, 0.25) is 0 Å². The van der Waals surface area contributed by atoms with E-state index in [2.05, 4.69) is 21.0 Å². The first-order valence-electron chi connectivity index (χ1n) is 6.04. The number of halogens is 1. The van der Waals surface area contributed by atoms with Gasteiger partial charge in [-0.25, -0.2) is 9.48 Å². The van der Waals surface area contributed by atoms with E-state index in [1.54, 1.807) is 0 Å². The SMILES string of the molecule is Cc1ccc(Br)cc1CCn1nc(C(=O)O)ccc1=O. The summed E-state index contributed by atoms with van der Waals surface area (Å²) in [5.41, 5.74) is 1.78. The molecule has 104 valence electrons. The number of hydrogen-bond acceptors (Lipinski definition) is 3. The summed E-state index contributed by atoms with van der Waals surface area (Å²) in [4.78, 5) is 22.5. The molecule has 0 atom stereocenters. The summed E-state index contributed by atoms with van der Waals surface area (Å²) in [7, 11) is 0. The van der Waals surface area contributed by atoms with E-state index in [4.69, 9.17) is 5.11 Å². The Labute approximate surface area is 124 Å². The van der Waals surface area contributed by atoms with Gasteiger partial charge >= 0.3 is 5.97 Å². The molecule has 0 spiro atoms. The van der Waals surface area contributed by atoms with Gasteiger partial charge in [0.05, 0.1) is 0 Å². The molecule has 5 nitrogen and oxygen atoms in total. The molecule has 2 rings (SSSR count). The molecule has 0 saturated carbocycles. The van der Waals surface area contributed by atoms with Crippen molar-refractivity contribution in [3.63, 3.8) is 0 Å². The predicted molar refractivity (Wildman–Crippen MR) is 78.0 cm³/mol. The second kappa shape index (κ2) is 6.00. The summed E-state index contributed by atoms with van der Waals surface area (Å²) >= 11 is 3.41. The third kappa shape index (κ3) is 3.33. The van der Waals surface area contributed by atoms with Crippen LogP contribution in [0.2, 0.25) is 0 Å². The molecule has 1 heterocycles. The zero-order valence-corrected chi connectivity index (χ0v) is 12.4. The zero-order valence-electron chi connectivity index (χ0n) is 10.8. The molecule has 0 aliphatic heterocycles. The van der Waals surface area contributed by atoms with Gasteiger partial charge in [-0.15, -0.1) is 0 Å². The van der Waals surface area contributed by atoms with Gasteiger partial charge in [-0.3, -0.25) is 4.79 Å². The summed E-state index contributed by atoms with van der Waals surface area (Å²) in [5, 5.41) is 12.7. The summed E-state index contributed by atoms with van der Waals surface area (Å²) in [6.07, 6.45) is 0.612. The standard InChI is InChI=1S/C14H13BrN2O3/c1-9-2-3-11(15)8-10(9)6-7-17-13(18)5-4-12(16-17)14(19)20/h2-5,8H,6-7H2,1H3,(H,19,20). The quantitative estimate of drug-likeness (QED) is 0.929. The van der Waals surface area contributed by atoms with Crippen molar-refractivity contribution >= 4 is 21.9 Å². The van der Waals surface area contributed by atoms with Crippen LogP contribution >= 0.6 is 15.9 Å². The number of carbonyl (C=O) groups is 1. The summed E-state index contributed by atoms with van der Waals surface area (Å²) in [6, 6.07) is 8.37. The van der Waals surface area contributed by atoms with Gasteiger partial charge in [-0.2, -0.15) is 5.10 Å². The smallest absolute Gasteiger partial charge is 0.356 e. The van der Waals surface area contributed by atoms with E-state index in [0.717, 1.165) is 15.6 Å². The van der Waals surface area contributed by atoms with Crippen LogP contribution in [-0.4, -0.2) is 20.9 Å². The lowest BCUT2D eigenvalue weighted by atomic mass is 10.1. The van der Waals surface area contributed by atoms with Crippen LogP contribution in [0.3, 0.4) is 0 Å². The van der Waals surface area contributed by atoms with Crippen molar-refractivity contribution in [1.82, 2.24) is 9.78 Å². The van der Waals surface area contributed by atoms with Crippen LogP contribution < -0.4 is 5.56 Å². The molecule has 2 aromatic rings. The van der Waals surface area contributed by atoms with Gasteiger partial charge in [0.1, 0.15) is 0 Å². The molecule has 0 fully saturated rings. The molecule has 1 aromatic carbocycles. The van der Waals surface area contributed by atoms with Crippen LogP contribution in [0.25, 0.3) is 0 Å². The Kier molecular flexibility index (Phi) is 4.34. The van der Waals surface area contributed by atoms with Gasteiger partial charge in [-0.1, -0.05) is 22.0 Å². The van der Waals surface area contributed by atoms with Crippen molar-refractivity contribution in [3.8, 4) is 0 Å². The summed E-state index contributed by atoms with van der Waals surface area (Å²) in [5.74, 6) is -1.14. The number of benzene rings is 1. The Morgan fingerprint density at radius 2 is 2.10 bits per heavy atom. The molecule has 0 aliphatic carbocycles. The van der Waals surface area contributed by atoms with Crippen molar-refractivity contribution in [2.45, 2.75) is 19.9 Å². The van der Waals surface area contributed by atoms with E-state index < -0.39 is 5.97 Å². The van der Waals surface area contributed by atoms with Crippen LogP contribution in [0.4, 0.5) is 0 Å². The fourth-order valence-corrected chi connectivity index (χ4v) is 2.27. The minimum atomic E-state index is -1.14. The van der Waals surface area contributed by atoms with Gasteiger partial charge in [0.15, 0.2) is 5.69 Å².